The average molecular weight is 299 g/mol. The van der Waals surface area contributed by atoms with Gasteiger partial charge in [0.1, 0.15) is 11.6 Å². The second-order valence-corrected chi connectivity index (χ2v) is 4.58. The maximum Gasteiger partial charge on any atom is 0.203 e. The van der Waals surface area contributed by atoms with E-state index in [0.29, 0.717) is 15.8 Å². The third-order valence-electron chi connectivity index (χ3n) is 2.44. The Kier molecular flexibility index (Phi) is 4.40. The molecule has 2 rings (SSSR count). The zero-order valence-corrected chi connectivity index (χ0v) is 11.2. The van der Waals surface area contributed by atoms with E-state index in [1.165, 1.54) is 24.3 Å². The molecule has 0 radical (unpaired) electrons. The number of rotatable bonds is 4. The summed E-state index contributed by atoms with van der Waals surface area (Å²) in [6.45, 7) is -0.265. The molecule has 0 aliphatic carbocycles. The molecule has 5 heteroatoms. The molecule has 2 nitrogen and oxygen atoms in total. The third-order valence-corrected chi connectivity index (χ3v) is 3.17. The van der Waals surface area contributed by atoms with Crippen molar-refractivity contribution in [2.75, 3.05) is 6.61 Å². The van der Waals surface area contributed by atoms with Crippen LogP contribution < -0.4 is 4.74 Å². The number of ether oxygens (including phenoxy) is 1. The van der Waals surface area contributed by atoms with E-state index >= 15 is 0 Å². The normalized spacial score (nSPS) is 10.3. The van der Waals surface area contributed by atoms with Gasteiger partial charge in [0.15, 0.2) is 6.61 Å². The fraction of sp³-hybridized carbons (Fsp3) is 0.0714. The second kappa shape index (κ2) is 6.04. The maximum atomic E-state index is 13.4. The van der Waals surface area contributed by atoms with Gasteiger partial charge in [-0.25, -0.2) is 4.39 Å². The van der Waals surface area contributed by atoms with Crippen LogP contribution in [0, 0.1) is 5.82 Å². The molecule has 0 saturated heterocycles. The summed E-state index contributed by atoms with van der Waals surface area (Å²) in [6, 6.07) is 10.4. The first kappa shape index (κ1) is 13.8. The topological polar surface area (TPSA) is 26.3 Å². The van der Waals surface area contributed by atoms with Crippen LogP contribution in [0.1, 0.15) is 10.4 Å². The lowest BCUT2D eigenvalue weighted by atomic mass is 10.1. The van der Waals surface area contributed by atoms with Crippen molar-refractivity contribution in [2.45, 2.75) is 0 Å². The molecule has 0 bridgehead atoms. The van der Waals surface area contributed by atoms with Gasteiger partial charge in [-0.3, -0.25) is 4.79 Å². The van der Waals surface area contributed by atoms with Crippen LogP contribution in [0.15, 0.2) is 42.5 Å². The number of halogens is 3. The van der Waals surface area contributed by atoms with E-state index in [0.717, 1.165) is 0 Å². The molecular weight excluding hydrogens is 290 g/mol. The van der Waals surface area contributed by atoms with E-state index in [4.69, 9.17) is 27.9 Å². The van der Waals surface area contributed by atoms with Gasteiger partial charge in [-0.2, -0.15) is 0 Å². The molecule has 0 fully saturated rings. The monoisotopic (exact) mass is 298 g/mol. The van der Waals surface area contributed by atoms with Gasteiger partial charge in [0, 0.05) is 6.07 Å². The minimum absolute atomic E-state index is 0.00237. The van der Waals surface area contributed by atoms with E-state index in [9.17, 15) is 9.18 Å². The Bertz CT molecular complexity index is 614. The van der Waals surface area contributed by atoms with Gasteiger partial charge in [0.2, 0.25) is 5.78 Å². The highest BCUT2D eigenvalue weighted by Gasteiger charge is 2.11. The largest absolute Gasteiger partial charge is 0.485 e. The summed E-state index contributed by atoms with van der Waals surface area (Å²) in [5.41, 5.74) is 0.00237. The average Bonchev–Trinajstić information content (AvgIpc) is 2.40. The van der Waals surface area contributed by atoms with Crippen LogP contribution >= 0.6 is 23.2 Å². The van der Waals surface area contributed by atoms with Crippen molar-refractivity contribution in [3.05, 3.63) is 63.9 Å². The lowest BCUT2D eigenvalue weighted by molar-refractivity contribution is 0.0917. The number of benzene rings is 2. The van der Waals surface area contributed by atoms with Crippen LogP contribution in [-0.4, -0.2) is 12.4 Å². The van der Waals surface area contributed by atoms with E-state index in [1.807, 2.05) is 0 Å². The van der Waals surface area contributed by atoms with Crippen molar-refractivity contribution < 1.29 is 13.9 Å². The molecule has 0 atom stereocenters. The van der Waals surface area contributed by atoms with Crippen LogP contribution in [0.2, 0.25) is 10.0 Å². The first-order valence-corrected chi connectivity index (χ1v) is 6.19. The fourth-order valence-corrected chi connectivity index (χ4v) is 1.77. The summed E-state index contributed by atoms with van der Waals surface area (Å²) in [6.07, 6.45) is 0. The number of carbonyl (C=O) groups is 1. The molecule has 0 N–H and O–H groups in total. The fourth-order valence-electron chi connectivity index (χ4n) is 1.48. The molecule has 0 spiro atoms. The molecule has 19 heavy (non-hydrogen) atoms. The summed E-state index contributed by atoms with van der Waals surface area (Å²) < 4.78 is 18.6. The highest BCUT2D eigenvalue weighted by atomic mass is 35.5. The number of hydrogen-bond donors (Lipinski definition) is 0. The molecule has 2 aromatic rings. The lowest BCUT2D eigenvalue weighted by Crippen LogP contribution is -2.13. The molecular formula is C14H9Cl2FO2. The lowest BCUT2D eigenvalue weighted by Gasteiger charge is -2.07. The molecule has 0 aromatic heterocycles. The van der Waals surface area contributed by atoms with E-state index < -0.39 is 11.6 Å². The molecule has 0 saturated carbocycles. The minimum Gasteiger partial charge on any atom is -0.485 e. The smallest absolute Gasteiger partial charge is 0.203 e. The summed E-state index contributed by atoms with van der Waals surface area (Å²) in [7, 11) is 0. The predicted molar refractivity (Wildman–Crippen MR) is 72.7 cm³/mol. The maximum absolute atomic E-state index is 13.4. The summed E-state index contributed by atoms with van der Waals surface area (Å²) in [5.74, 6) is -0.603. The van der Waals surface area contributed by atoms with Crippen molar-refractivity contribution in [3.8, 4) is 5.75 Å². The zero-order valence-electron chi connectivity index (χ0n) is 9.70. The number of ketones is 1. The van der Waals surface area contributed by atoms with E-state index in [1.54, 1.807) is 18.2 Å². The summed E-state index contributed by atoms with van der Waals surface area (Å²) in [4.78, 5) is 11.8. The first-order chi connectivity index (χ1) is 9.08. The van der Waals surface area contributed by atoms with Gasteiger partial charge in [-0.15, -0.1) is 0 Å². The molecule has 98 valence electrons. The zero-order chi connectivity index (χ0) is 13.8. The molecule has 0 aliphatic rings. The summed E-state index contributed by atoms with van der Waals surface area (Å²) in [5, 5.41) is 0.729. The van der Waals surface area contributed by atoms with Gasteiger partial charge in [-0.05, 0) is 24.3 Å². The van der Waals surface area contributed by atoms with Crippen molar-refractivity contribution in [1.29, 1.82) is 0 Å². The van der Waals surface area contributed by atoms with Crippen LogP contribution in [0.4, 0.5) is 4.39 Å². The Labute approximate surface area is 119 Å². The predicted octanol–water partition coefficient (Wildman–Crippen LogP) is 4.39. The van der Waals surface area contributed by atoms with E-state index in [-0.39, 0.29) is 12.2 Å². The third kappa shape index (κ3) is 3.46. The van der Waals surface area contributed by atoms with Crippen molar-refractivity contribution in [2.24, 2.45) is 0 Å². The van der Waals surface area contributed by atoms with Gasteiger partial charge in [0.25, 0.3) is 0 Å². The standard InChI is InChI=1S/C14H9Cl2FO2/c15-11-6-5-9(7-12(11)16)19-8-14(18)10-3-1-2-4-13(10)17/h1-7H,8H2. The van der Waals surface area contributed by atoms with Crippen LogP contribution in [0.5, 0.6) is 5.75 Å². The number of Topliss-reactive ketones (excluding diaryl/α,β-unsaturated/α-hetero) is 1. The Morgan fingerprint density at radius 3 is 2.53 bits per heavy atom. The number of hydrogen-bond acceptors (Lipinski definition) is 2. The Balaban J connectivity index is 2.04. The first-order valence-electron chi connectivity index (χ1n) is 5.43. The van der Waals surface area contributed by atoms with Crippen LogP contribution in [-0.2, 0) is 0 Å². The van der Waals surface area contributed by atoms with Gasteiger partial charge < -0.3 is 4.74 Å². The Morgan fingerprint density at radius 2 is 1.84 bits per heavy atom. The van der Waals surface area contributed by atoms with Crippen LogP contribution in [0.25, 0.3) is 0 Å². The van der Waals surface area contributed by atoms with Crippen LogP contribution in [0.3, 0.4) is 0 Å². The minimum atomic E-state index is -0.565. The number of carbonyl (C=O) groups excluding carboxylic acids is 1. The molecule has 2 aromatic carbocycles. The second-order valence-electron chi connectivity index (χ2n) is 3.77. The molecule has 0 amide bonds. The highest BCUT2D eigenvalue weighted by molar-refractivity contribution is 6.42. The van der Waals surface area contributed by atoms with Gasteiger partial charge in [-0.1, -0.05) is 35.3 Å². The Hall–Kier alpha value is -1.58. The van der Waals surface area contributed by atoms with Gasteiger partial charge >= 0.3 is 0 Å². The molecule has 0 unspecified atom stereocenters. The molecule has 0 heterocycles. The highest BCUT2D eigenvalue weighted by Crippen LogP contribution is 2.26. The SMILES string of the molecule is O=C(COc1ccc(Cl)c(Cl)c1)c1ccccc1F. The van der Waals surface area contributed by atoms with Crippen molar-refractivity contribution in [1.82, 2.24) is 0 Å². The Morgan fingerprint density at radius 1 is 1.11 bits per heavy atom. The molecule has 0 aliphatic heterocycles. The van der Waals surface area contributed by atoms with Crippen molar-refractivity contribution >= 4 is 29.0 Å². The quantitative estimate of drug-likeness (QED) is 0.782. The van der Waals surface area contributed by atoms with Gasteiger partial charge in [0.05, 0.1) is 15.6 Å². The van der Waals surface area contributed by atoms with E-state index in [2.05, 4.69) is 0 Å². The van der Waals surface area contributed by atoms with Crippen molar-refractivity contribution in [3.63, 3.8) is 0 Å². The summed E-state index contributed by atoms with van der Waals surface area (Å²) >= 11 is 11.6.